The van der Waals surface area contributed by atoms with Gasteiger partial charge < -0.3 is 9.88 Å². The third kappa shape index (κ3) is 4.63. The molecule has 0 amide bonds. The van der Waals surface area contributed by atoms with Crippen molar-refractivity contribution in [2.45, 2.75) is 0 Å². The third-order valence-electron chi connectivity index (χ3n) is 8.39. The largest absolute Gasteiger partial charge is 0.355 e. The Balaban J connectivity index is 1.29. The number of fused-ring (bicyclic) bond motifs is 3. The maximum atomic E-state index is 3.64. The zero-order valence-corrected chi connectivity index (χ0v) is 24.2. The number of aromatic nitrogens is 1. The van der Waals surface area contributed by atoms with Crippen LogP contribution in [0.15, 0.2) is 176 Å². The van der Waals surface area contributed by atoms with Crippen molar-refractivity contribution in [3.05, 3.63) is 176 Å². The molecular formula is C42H30N2. The van der Waals surface area contributed by atoms with Crippen LogP contribution in [0.3, 0.4) is 0 Å². The standard InChI is InChI=1S/C42H30N2/c1-4-14-30(15-5-1)35-20-10-12-22-40(35)44-41-23-13-11-21-36(41)38-29-33(25-27-42(38)44)32-24-26-39(43-34-18-8-3-9-19-34)37(28-32)31-16-6-2-7-17-31/h1-29,43H. The molecule has 0 fully saturated rings. The summed E-state index contributed by atoms with van der Waals surface area (Å²) in [7, 11) is 0. The molecule has 0 radical (unpaired) electrons. The maximum Gasteiger partial charge on any atom is 0.0541 e. The first-order valence-electron chi connectivity index (χ1n) is 15.0. The first-order chi connectivity index (χ1) is 21.8. The van der Waals surface area contributed by atoms with E-state index in [1.807, 2.05) is 6.07 Å². The van der Waals surface area contributed by atoms with Crippen LogP contribution < -0.4 is 5.32 Å². The Morgan fingerprint density at radius 3 is 1.70 bits per heavy atom. The summed E-state index contributed by atoms with van der Waals surface area (Å²) in [6.45, 7) is 0. The van der Waals surface area contributed by atoms with Gasteiger partial charge in [-0.15, -0.1) is 0 Å². The lowest BCUT2D eigenvalue weighted by atomic mass is 9.96. The van der Waals surface area contributed by atoms with Crippen LogP contribution in [0.5, 0.6) is 0 Å². The van der Waals surface area contributed by atoms with Crippen LogP contribution in [0.2, 0.25) is 0 Å². The van der Waals surface area contributed by atoms with Gasteiger partial charge in [0.1, 0.15) is 0 Å². The molecule has 1 aromatic heterocycles. The van der Waals surface area contributed by atoms with Gasteiger partial charge >= 0.3 is 0 Å². The Morgan fingerprint density at radius 2 is 0.932 bits per heavy atom. The van der Waals surface area contributed by atoms with Crippen molar-refractivity contribution in [1.82, 2.24) is 4.57 Å². The monoisotopic (exact) mass is 562 g/mol. The molecule has 7 aromatic carbocycles. The first kappa shape index (κ1) is 25.8. The van der Waals surface area contributed by atoms with E-state index in [9.17, 15) is 0 Å². The summed E-state index contributed by atoms with van der Waals surface area (Å²) in [5.41, 5.74) is 12.9. The van der Waals surface area contributed by atoms with E-state index in [4.69, 9.17) is 0 Å². The smallest absolute Gasteiger partial charge is 0.0541 e. The van der Waals surface area contributed by atoms with Gasteiger partial charge in [-0.3, -0.25) is 0 Å². The molecule has 0 aliphatic heterocycles. The molecule has 0 spiro atoms. The molecule has 0 saturated heterocycles. The van der Waals surface area contributed by atoms with Gasteiger partial charge in [0.05, 0.1) is 16.7 Å². The molecule has 0 aliphatic carbocycles. The summed E-state index contributed by atoms with van der Waals surface area (Å²) in [6, 6.07) is 62.7. The summed E-state index contributed by atoms with van der Waals surface area (Å²) in [5.74, 6) is 0. The molecule has 2 heteroatoms. The van der Waals surface area contributed by atoms with Gasteiger partial charge in [-0.05, 0) is 70.8 Å². The lowest BCUT2D eigenvalue weighted by Crippen LogP contribution is -1.97. The van der Waals surface area contributed by atoms with Crippen LogP contribution in [0, 0.1) is 0 Å². The molecule has 1 N–H and O–H groups in total. The van der Waals surface area contributed by atoms with Crippen LogP contribution in [0.25, 0.3) is 60.9 Å². The van der Waals surface area contributed by atoms with E-state index in [-0.39, 0.29) is 0 Å². The molecule has 0 bridgehead atoms. The summed E-state index contributed by atoms with van der Waals surface area (Å²) in [6.07, 6.45) is 0. The lowest BCUT2D eigenvalue weighted by Gasteiger charge is -2.15. The van der Waals surface area contributed by atoms with E-state index < -0.39 is 0 Å². The highest BCUT2D eigenvalue weighted by molar-refractivity contribution is 6.11. The molecule has 0 atom stereocenters. The van der Waals surface area contributed by atoms with Gasteiger partial charge in [0.25, 0.3) is 0 Å². The number of rotatable bonds is 6. The Morgan fingerprint density at radius 1 is 0.364 bits per heavy atom. The molecule has 2 nitrogen and oxygen atoms in total. The zero-order chi connectivity index (χ0) is 29.3. The molecule has 208 valence electrons. The molecule has 44 heavy (non-hydrogen) atoms. The molecular weight excluding hydrogens is 532 g/mol. The van der Waals surface area contributed by atoms with Gasteiger partial charge in [-0.2, -0.15) is 0 Å². The van der Waals surface area contributed by atoms with E-state index in [2.05, 4.69) is 180 Å². The van der Waals surface area contributed by atoms with E-state index in [0.717, 1.165) is 11.4 Å². The summed E-state index contributed by atoms with van der Waals surface area (Å²) in [4.78, 5) is 0. The quantitative estimate of drug-likeness (QED) is 0.213. The number of para-hydroxylation sites is 3. The molecule has 8 aromatic rings. The highest BCUT2D eigenvalue weighted by Crippen LogP contribution is 2.39. The number of benzene rings is 7. The van der Waals surface area contributed by atoms with Gasteiger partial charge in [0.15, 0.2) is 0 Å². The Hall–Kier alpha value is -5.86. The third-order valence-corrected chi connectivity index (χ3v) is 8.39. The Labute approximate surface area is 257 Å². The normalized spacial score (nSPS) is 11.2. The highest BCUT2D eigenvalue weighted by Gasteiger charge is 2.16. The molecule has 8 rings (SSSR count). The van der Waals surface area contributed by atoms with Crippen molar-refractivity contribution in [2.75, 3.05) is 5.32 Å². The maximum absolute atomic E-state index is 3.64. The van der Waals surface area contributed by atoms with Crippen molar-refractivity contribution in [2.24, 2.45) is 0 Å². The van der Waals surface area contributed by atoms with Crippen LogP contribution in [0.1, 0.15) is 0 Å². The van der Waals surface area contributed by atoms with Crippen molar-refractivity contribution in [3.8, 4) is 39.1 Å². The average molecular weight is 563 g/mol. The minimum absolute atomic E-state index is 1.07. The predicted octanol–water partition coefficient (Wildman–Crippen LogP) is 11.5. The number of nitrogens with one attached hydrogen (secondary N) is 1. The van der Waals surface area contributed by atoms with Gasteiger partial charge in [0.2, 0.25) is 0 Å². The molecule has 0 aliphatic rings. The first-order valence-corrected chi connectivity index (χ1v) is 15.0. The average Bonchev–Trinajstić information content (AvgIpc) is 3.43. The highest BCUT2D eigenvalue weighted by atomic mass is 15.0. The summed E-state index contributed by atoms with van der Waals surface area (Å²) in [5, 5.41) is 6.13. The van der Waals surface area contributed by atoms with Crippen LogP contribution in [0.4, 0.5) is 11.4 Å². The molecule has 0 saturated carbocycles. The van der Waals surface area contributed by atoms with Gasteiger partial charge in [-0.25, -0.2) is 0 Å². The van der Waals surface area contributed by atoms with Crippen LogP contribution >= 0.6 is 0 Å². The molecule has 0 unspecified atom stereocenters. The fourth-order valence-electron chi connectivity index (χ4n) is 6.31. The summed E-state index contributed by atoms with van der Waals surface area (Å²) < 4.78 is 2.42. The van der Waals surface area contributed by atoms with Crippen LogP contribution in [-0.2, 0) is 0 Å². The topological polar surface area (TPSA) is 17.0 Å². The Bertz CT molecular complexity index is 2230. The van der Waals surface area contributed by atoms with E-state index in [1.54, 1.807) is 0 Å². The number of nitrogens with zero attached hydrogens (tertiary/aromatic N) is 1. The van der Waals surface area contributed by atoms with E-state index in [1.165, 1.54) is 60.9 Å². The van der Waals surface area contributed by atoms with E-state index >= 15 is 0 Å². The zero-order valence-electron chi connectivity index (χ0n) is 24.2. The number of hydrogen-bond acceptors (Lipinski definition) is 1. The van der Waals surface area contributed by atoms with E-state index in [0.29, 0.717) is 0 Å². The predicted molar refractivity (Wildman–Crippen MR) is 187 cm³/mol. The van der Waals surface area contributed by atoms with Crippen molar-refractivity contribution in [1.29, 1.82) is 0 Å². The number of hydrogen-bond donors (Lipinski definition) is 1. The molecule has 1 heterocycles. The van der Waals surface area contributed by atoms with Crippen LogP contribution in [-0.4, -0.2) is 4.57 Å². The van der Waals surface area contributed by atoms with Gasteiger partial charge in [0, 0.05) is 33.3 Å². The van der Waals surface area contributed by atoms with Gasteiger partial charge in [-0.1, -0.05) is 127 Å². The number of anilines is 2. The lowest BCUT2D eigenvalue weighted by molar-refractivity contribution is 1.18. The second kappa shape index (κ2) is 11.1. The fourth-order valence-corrected chi connectivity index (χ4v) is 6.31. The second-order valence-electron chi connectivity index (χ2n) is 11.1. The second-order valence-corrected chi connectivity index (χ2v) is 11.1. The fraction of sp³-hybridized carbons (Fsp3) is 0. The van der Waals surface area contributed by atoms with Crippen molar-refractivity contribution >= 4 is 33.2 Å². The van der Waals surface area contributed by atoms with Crippen molar-refractivity contribution < 1.29 is 0 Å². The SMILES string of the molecule is c1ccc(Nc2ccc(-c3ccc4c(c3)c3ccccc3n4-c3ccccc3-c3ccccc3)cc2-c2ccccc2)cc1. The minimum atomic E-state index is 1.07. The minimum Gasteiger partial charge on any atom is -0.355 e. The Kier molecular flexibility index (Phi) is 6.51. The van der Waals surface area contributed by atoms with Crippen molar-refractivity contribution in [3.63, 3.8) is 0 Å². The summed E-state index contributed by atoms with van der Waals surface area (Å²) >= 11 is 0.